The molecular formula is C20H18ClN3O2. The molecule has 0 aliphatic heterocycles. The summed E-state index contributed by atoms with van der Waals surface area (Å²) in [4.78, 5) is 29.0. The van der Waals surface area contributed by atoms with Crippen LogP contribution in [0.1, 0.15) is 24.4 Å². The highest BCUT2D eigenvalue weighted by atomic mass is 35.5. The molecule has 1 atom stereocenters. The second kappa shape index (κ2) is 6.50. The number of H-pyrrole nitrogens is 1. The molecule has 3 aromatic rings. The fraction of sp³-hybridized carbons (Fsp3) is 0.200. The fourth-order valence-corrected chi connectivity index (χ4v) is 3.65. The number of carbonyl (C=O) groups excluding carboxylic acids is 1. The molecule has 2 aromatic carbocycles. The highest BCUT2D eigenvalue weighted by molar-refractivity contribution is 6.34. The standard InChI is InChI=1S/C20H18ClN3O2/c21-16-11-15-13(8-9-23-20(15)26)10-17(16)24(14-6-7-14)18(19(22)25)12-4-2-1-3-5-12/h1-5,8-11,14,18H,6-7H2,(H2,22,25)(H,23,26). The zero-order valence-electron chi connectivity index (χ0n) is 14.0. The van der Waals surface area contributed by atoms with E-state index >= 15 is 0 Å². The van der Waals surface area contributed by atoms with Gasteiger partial charge in [0.05, 0.1) is 10.7 Å². The molecule has 1 amide bonds. The molecule has 3 N–H and O–H groups in total. The van der Waals surface area contributed by atoms with Gasteiger partial charge < -0.3 is 15.6 Å². The van der Waals surface area contributed by atoms with Gasteiger partial charge in [0, 0.05) is 17.6 Å². The molecule has 0 spiro atoms. The molecule has 1 heterocycles. The summed E-state index contributed by atoms with van der Waals surface area (Å²) >= 11 is 6.53. The number of rotatable bonds is 5. The van der Waals surface area contributed by atoms with E-state index in [9.17, 15) is 9.59 Å². The van der Waals surface area contributed by atoms with Gasteiger partial charge in [0.1, 0.15) is 6.04 Å². The molecule has 1 saturated carbocycles. The quantitative estimate of drug-likeness (QED) is 0.725. The van der Waals surface area contributed by atoms with Gasteiger partial charge in [-0.05, 0) is 42.0 Å². The van der Waals surface area contributed by atoms with Crippen LogP contribution in [0.15, 0.2) is 59.5 Å². The predicted octanol–water partition coefficient (Wildman–Crippen LogP) is 3.38. The number of halogens is 1. The normalized spacial score (nSPS) is 15.0. The number of nitrogens with zero attached hydrogens (tertiary/aromatic N) is 1. The SMILES string of the molecule is NC(=O)C(c1ccccc1)N(c1cc2cc[nH]c(=O)c2cc1Cl)C1CC1. The molecule has 5 nitrogen and oxygen atoms in total. The third-order valence-corrected chi connectivity index (χ3v) is 5.03. The minimum atomic E-state index is -0.611. The van der Waals surface area contributed by atoms with Crippen LogP contribution in [0.4, 0.5) is 5.69 Å². The van der Waals surface area contributed by atoms with Crippen molar-refractivity contribution in [1.82, 2.24) is 4.98 Å². The highest BCUT2D eigenvalue weighted by Crippen LogP contribution is 2.42. The monoisotopic (exact) mass is 367 g/mol. The Bertz CT molecular complexity index is 1030. The molecule has 1 aliphatic carbocycles. The van der Waals surface area contributed by atoms with Gasteiger partial charge >= 0.3 is 0 Å². The largest absolute Gasteiger partial charge is 0.368 e. The molecule has 0 saturated heterocycles. The first-order valence-electron chi connectivity index (χ1n) is 8.50. The average Bonchev–Trinajstić information content (AvgIpc) is 3.45. The van der Waals surface area contributed by atoms with Crippen molar-refractivity contribution in [3.8, 4) is 0 Å². The summed E-state index contributed by atoms with van der Waals surface area (Å²) in [5.74, 6) is -0.426. The Morgan fingerprint density at radius 2 is 1.92 bits per heavy atom. The van der Waals surface area contributed by atoms with Gasteiger partial charge in [-0.2, -0.15) is 0 Å². The first-order chi connectivity index (χ1) is 12.6. The smallest absolute Gasteiger partial charge is 0.255 e. The van der Waals surface area contributed by atoms with Crippen LogP contribution < -0.4 is 16.2 Å². The lowest BCUT2D eigenvalue weighted by Crippen LogP contribution is -2.39. The molecule has 132 valence electrons. The van der Waals surface area contributed by atoms with Crippen LogP contribution in [0.2, 0.25) is 5.02 Å². The maximum absolute atomic E-state index is 12.4. The molecule has 6 heteroatoms. The van der Waals surface area contributed by atoms with Crippen LogP contribution in [-0.4, -0.2) is 16.9 Å². The van der Waals surface area contributed by atoms with Crippen LogP contribution >= 0.6 is 11.6 Å². The number of fused-ring (bicyclic) bond motifs is 1. The minimum Gasteiger partial charge on any atom is -0.368 e. The van der Waals surface area contributed by atoms with E-state index in [0.29, 0.717) is 10.4 Å². The summed E-state index contributed by atoms with van der Waals surface area (Å²) < 4.78 is 0. The van der Waals surface area contributed by atoms with E-state index in [0.717, 1.165) is 29.5 Å². The Morgan fingerprint density at radius 1 is 1.19 bits per heavy atom. The maximum atomic E-state index is 12.4. The number of aromatic nitrogens is 1. The number of pyridine rings is 1. The Morgan fingerprint density at radius 3 is 2.58 bits per heavy atom. The number of carbonyl (C=O) groups is 1. The van der Waals surface area contributed by atoms with Crippen molar-refractivity contribution < 1.29 is 4.79 Å². The highest BCUT2D eigenvalue weighted by Gasteiger charge is 2.38. The van der Waals surface area contributed by atoms with Crippen LogP contribution in [0, 0.1) is 0 Å². The van der Waals surface area contributed by atoms with Gasteiger partial charge in [-0.15, -0.1) is 0 Å². The summed E-state index contributed by atoms with van der Waals surface area (Å²) in [7, 11) is 0. The Hall–Kier alpha value is -2.79. The zero-order chi connectivity index (χ0) is 18.3. The lowest BCUT2D eigenvalue weighted by atomic mass is 10.0. The number of nitrogens with one attached hydrogen (secondary N) is 1. The number of anilines is 1. The first-order valence-corrected chi connectivity index (χ1v) is 8.87. The van der Waals surface area contributed by atoms with Crippen molar-refractivity contribution in [2.24, 2.45) is 5.73 Å². The molecule has 26 heavy (non-hydrogen) atoms. The van der Waals surface area contributed by atoms with E-state index in [2.05, 4.69) is 4.98 Å². The molecule has 4 rings (SSSR count). The van der Waals surface area contributed by atoms with Gasteiger partial charge in [0.25, 0.3) is 5.56 Å². The van der Waals surface area contributed by atoms with Crippen molar-refractivity contribution in [2.45, 2.75) is 24.9 Å². The number of hydrogen-bond donors (Lipinski definition) is 2. The summed E-state index contributed by atoms with van der Waals surface area (Å²) in [5.41, 5.74) is 7.14. The summed E-state index contributed by atoms with van der Waals surface area (Å²) in [5, 5.41) is 1.73. The summed E-state index contributed by atoms with van der Waals surface area (Å²) in [6.07, 6.45) is 3.55. The molecule has 0 bridgehead atoms. The van der Waals surface area contributed by atoms with E-state index in [4.69, 9.17) is 17.3 Å². The van der Waals surface area contributed by atoms with Gasteiger partial charge in [-0.3, -0.25) is 9.59 Å². The number of nitrogens with two attached hydrogens (primary N) is 1. The Kier molecular flexibility index (Phi) is 4.17. The van der Waals surface area contributed by atoms with Crippen molar-refractivity contribution in [1.29, 1.82) is 0 Å². The maximum Gasteiger partial charge on any atom is 0.255 e. The predicted molar refractivity (Wildman–Crippen MR) is 103 cm³/mol. The number of aromatic amines is 1. The number of hydrogen-bond acceptors (Lipinski definition) is 3. The Labute approximate surface area is 155 Å². The number of amides is 1. The van der Waals surface area contributed by atoms with Crippen LogP contribution in [0.5, 0.6) is 0 Å². The van der Waals surface area contributed by atoms with Crippen LogP contribution in [-0.2, 0) is 4.79 Å². The third kappa shape index (κ3) is 2.95. The lowest BCUT2D eigenvalue weighted by Gasteiger charge is -2.33. The third-order valence-electron chi connectivity index (χ3n) is 4.72. The molecule has 1 aromatic heterocycles. The van der Waals surface area contributed by atoms with Crippen LogP contribution in [0.25, 0.3) is 10.8 Å². The molecule has 0 radical (unpaired) electrons. The lowest BCUT2D eigenvalue weighted by molar-refractivity contribution is -0.119. The van der Waals surface area contributed by atoms with E-state index in [1.807, 2.05) is 47.4 Å². The van der Waals surface area contributed by atoms with E-state index < -0.39 is 11.9 Å². The number of primary amides is 1. The first kappa shape index (κ1) is 16.7. The second-order valence-corrected chi connectivity index (χ2v) is 6.96. The molecule has 1 fully saturated rings. The minimum absolute atomic E-state index is 0.191. The van der Waals surface area contributed by atoms with Crippen molar-refractivity contribution >= 4 is 34.0 Å². The van der Waals surface area contributed by atoms with E-state index in [1.54, 1.807) is 12.3 Å². The zero-order valence-corrected chi connectivity index (χ0v) is 14.7. The van der Waals surface area contributed by atoms with Crippen molar-refractivity contribution in [2.75, 3.05) is 4.90 Å². The van der Waals surface area contributed by atoms with Crippen molar-refractivity contribution in [3.05, 3.63) is 75.7 Å². The van der Waals surface area contributed by atoms with E-state index in [-0.39, 0.29) is 11.6 Å². The Balaban J connectivity index is 1.89. The topological polar surface area (TPSA) is 79.2 Å². The second-order valence-electron chi connectivity index (χ2n) is 6.55. The fourth-order valence-electron chi connectivity index (χ4n) is 3.39. The van der Waals surface area contributed by atoms with E-state index in [1.165, 1.54) is 0 Å². The molecule has 1 aliphatic rings. The molecular weight excluding hydrogens is 350 g/mol. The molecule has 1 unspecified atom stereocenters. The summed E-state index contributed by atoms with van der Waals surface area (Å²) in [6.45, 7) is 0. The van der Waals surface area contributed by atoms with Crippen LogP contribution in [0.3, 0.4) is 0 Å². The van der Waals surface area contributed by atoms with Crippen molar-refractivity contribution in [3.63, 3.8) is 0 Å². The summed E-state index contributed by atoms with van der Waals surface area (Å²) in [6, 6.07) is 14.4. The van der Waals surface area contributed by atoms with Gasteiger partial charge in [0.15, 0.2) is 0 Å². The van der Waals surface area contributed by atoms with Gasteiger partial charge in [-0.1, -0.05) is 41.9 Å². The average molecular weight is 368 g/mol. The number of benzene rings is 2. The van der Waals surface area contributed by atoms with Gasteiger partial charge in [0.2, 0.25) is 5.91 Å². The van der Waals surface area contributed by atoms with Gasteiger partial charge in [-0.25, -0.2) is 0 Å².